The summed E-state index contributed by atoms with van der Waals surface area (Å²) in [6, 6.07) is 12.0. The number of nitrogens with one attached hydrogen (secondary N) is 1. The largest absolute Gasteiger partial charge is 0.475 e. The van der Waals surface area contributed by atoms with Crippen LogP contribution in [0.2, 0.25) is 0 Å². The number of nitrogens with zero attached hydrogens (tertiary/aromatic N) is 5. The van der Waals surface area contributed by atoms with Crippen LogP contribution in [-0.2, 0) is 11.3 Å². The molecule has 1 saturated heterocycles. The lowest BCUT2D eigenvalue weighted by Gasteiger charge is -2.30. The molecule has 208 valence electrons. The van der Waals surface area contributed by atoms with Crippen molar-refractivity contribution in [2.75, 3.05) is 43.4 Å². The van der Waals surface area contributed by atoms with E-state index in [0.717, 1.165) is 25.3 Å². The van der Waals surface area contributed by atoms with Crippen LogP contribution in [0.3, 0.4) is 0 Å². The van der Waals surface area contributed by atoms with Gasteiger partial charge in [-0.2, -0.15) is 4.98 Å². The SMILES string of the molecule is C[C@H](F)Nc1nc(C(=O)O)nc2nc(N3CCOCC3)n(CC3CCCCC3)c12.FCF.c1ccccc1. The Hall–Kier alpha value is -3.41. The third kappa shape index (κ3) is 8.30. The smallest absolute Gasteiger partial charge is 0.374 e. The molecule has 2 aromatic heterocycles. The zero-order valence-corrected chi connectivity index (χ0v) is 21.5. The summed E-state index contributed by atoms with van der Waals surface area (Å²) in [6.45, 7) is 2.91. The highest BCUT2D eigenvalue weighted by Crippen LogP contribution is 2.32. The first-order valence-corrected chi connectivity index (χ1v) is 12.8. The monoisotopic (exact) mass is 536 g/mol. The average molecular weight is 537 g/mol. The van der Waals surface area contributed by atoms with Crippen LogP contribution in [0.4, 0.5) is 24.9 Å². The Bertz CT molecular complexity index is 1090. The predicted molar refractivity (Wildman–Crippen MR) is 140 cm³/mol. The van der Waals surface area contributed by atoms with Gasteiger partial charge in [0, 0.05) is 19.6 Å². The Labute approximate surface area is 220 Å². The lowest BCUT2D eigenvalue weighted by atomic mass is 9.89. The van der Waals surface area contributed by atoms with Gasteiger partial charge in [0.15, 0.2) is 17.8 Å². The topological polar surface area (TPSA) is 105 Å². The van der Waals surface area contributed by atoms with E-state index in [9.17, 15) is 23.1 Å². The van der Waals surface area contributed by atoms with Crippen LogP contribution >= 0.6 is 0 Å². The molecule has 3 heterocycles. The zero-order valence-electron chi connectivity index (χ0n) is 21.5. The van der Waals surface area contributed by atoms with Crippen LogP contribution < -0.4 is 10.2 Å². The zero-order chi connectivity index (χ0) is 27.3. The highest BCUT2D eigenvalue weighted by Gasteiger charge is 2.27. The Morgan fingerprint density at radius 3 is 2.16 bits per heavy atom. The first-order valence-electron chi connectivity index (χ1n) is 12.8. The van der Waals surface area contributed by atoms with E-state index in [-0.39, 0.29) is 11.5 Å². The number of benzene rings is 1. The van der Waals surface area contributed by atoms with E-state index < -0.39 is 25.0 Å². The number of imidazole rings is 1. The molecule has 38 heavy (non-hydrogen) atoms. The Morgan fingerprint density at radius 2 is 1.63 bits per heavy atom. The number of carboxylic acid groups (broad SMARTS) is 1. The number of fused-ring (bicyclic) bond motifs is 1. The molecule has 0 amide bonds. The van der Waals surface area contributed by atoms with Crippen LogP contribution in [0.15, 0.2) is 36.4 Å². The molecule has 3 aromatic rings. The molecule has 1 atom stereocenters. The van der Waals surface area contributed by atoms with Gasteiger partial charge in [0.1, 0.15) is 5.52 Å². The van der Waals surface area contributed by atoms with Gasteiger partial charge in [-0.05, 0) is 25.7 Å². The van der Waals surface area contributed by atoms with Crippen LogP contribution in [0.25, 0.3) is 11.2 Å². The highest BCUT2D eigenvalue weighted by molar-refractivity contribution is 5.91. The van der Waals surface area contributed by atoms with Crippen LogP contribution in [0.1, 0.15) is 49.6 Å². The minimum atomic E-state index is -1.75. The van der Waals surface area contributed by atoms with Gasteiger partial charge in [-0.3, -0.25) is 0 Å². The van der Waals surface area contributed by atoms with Crippen molar-refractivity contribution >= 4 is 28.9 Å². The fourth-order valence-corrected chi connectivity index (χ4v) is 4.60. The summed E-state index contributed by atoms with van der Waals surface area (Å²) in [7, 11) is 0. The van der Waals surface area contributed by atoms with Crippen molar-refractivity contribution in [1.29, 1.82) is 0 Å². The molecule has 1 aliphatic carbocycles. The second-order valence-electron chi connectivity index (χ2n) is 9.02. The molecule has 9 nitrogen and oxygen atoms in total. The lowest BCUT2D eigenvalue weighted by molar-refractivity contribution is 0.0684. The van der Waals surface area contributed by atoms with E-state index in [4.69, 9.17) is 4.74 Å². The van der Waals surface area contributed by atoms with E-state index in [1.807, 2.05) is 41.0 Å². The van der Waals surface area contributed by atoms with E-state index >= 15 is 0 Å². The number of morpholine rings is 1. The standard InChI is InChI=1S/C19H27FN6O3.C6H6.CH2F2/c1-12(20)21-15-14-16(23-17(22-15)18(27)28)24-19(25-7-9-29-10-8-25)26(14)11-13-5-3-2-4-6-13;1-2-4-6-5-3-1;2-1-3/h12-13H,2-11H2,1H3,(H,27,28)(H,21,22,23);1-6H;1H2/t12-;;/m1../s1. The number of alkyl halides is 3. The molecule has 1 aliphatic heterocycles. The molecule has 5 rings (SSSR count). The first-order chi connectivity index (χ1) is 18.4. The average Bonchev–Trinajstić information content (AvgIpc) is 3.29. The van der Waals surface area contributed by atoms with Crippen LogP contribution in [0.5, 0.6) is 0 Å². The number of halogens is 3. The second-order valence-corrected chi connectivity index (χ2v) is 9.02. The maximum absolute atomic E-state index is 13.8. The maximum Gasteiger partial charge on any atom is 0.374 e. The molecule has 2 N–H and O–H groups in total. The van der Waals surface area contributed by atoms with Gasteiger partial charge in [-0.15, -0.1) is 0 Å². The summed E-state index contributed by atoms with van der Waals surface area (Å²) in [5.41, 5.74) is 0.837. The second kappa shape index (κ2) is 15.1. The van der Waals surface area contributed by atoms with Crippen molar-refractivity contribution in [3.63, 3.8) is 0 Å². The molecule has 2 fully saturated rings. The number of carboxylic acids is 1. The van der Waals surface area contributed by atoms with Crippen molar-refractivity contribution in [3.8, 4) is 0 Å². The molecule has 0 bridgehead atoms. The summed E-state index contributed by atoms with van der Waals surface area (Å²) < 4.78 is 40.6. The molecule has 1 saturated carbocycles. The molecule has 0 spiro atoms. The number of carbonyl (C=O) groups is 1. The molecule has 12 heteroatoms. The third-order valence-corrected chi connectivity index (χ3v) is 6.24. The number of anilines is 2. The summed E-state index contributed by atoms with van der Waals surface area (Å²) in [5, 5.41) is 12.0. The molecule has 1 aromatic carbocycles. The molecule has 0 unspecified atom stereocenters. The van der Waals surface area contributed by atoms with Crippen molar-refractivity contribution in [1.82, 2.24) is 19.5 Å². The number of aromatic nitrogens is 4. The van der Waals surface area contributed by atoms with Crippen LogP contribution in [0, 0.1) is 5.92 Å². The fourth-order valence-electron chi connectivity index (χ4n) is 4.60. The molecule has 2 aliphatic rings. The Balaban J connectivity index is 0.000000380. The van der Waals surface area contributed by atoms with Crippen molar-refractivity contribution in [3.05, 3.63) is 42.2 Å². The van der Waals surface area contributed by atoms with Gasteiger partial charge in [0.05, 0.1) is 13.2 Å². The van der Waals surface area contributed by atoms with Gasteiger partial charge in [0.25, 0.3) is 0 Å². The quantitative estimate of drug-likeness (QED) is 0.412. The summed E-state index contributed by atoms with van der Waals surface area (Å²) in [5.74, 6) is -0.269. The number of rotatable bonds is 6. The van der Waals surface area contributed by atoms with Crippen LogP contribution in [-0.4, -0.2) is 70.1 Å². The molecule has 0 radical (unpaired) electrons. The van der Waals surface area contributed by atoms with Gasteiger partial charge >= 0.3 is 5.97 Å². The summed E-state index contributed by atoms with van der Waals surface area (Å²) >= 11 is 0. The van der Waals surface area contributed by atoms with Crippen molar-refractivity contribution in [2.24, 2.45) is 5.92 Å². The Morgan fingerprint density at radius 1 is 1.05 bits per heavy atom. The van der Waals surface area contributed by atoms with E-state index in [0.29, 0.717) is 37.7 Å². The van der Waals surface area contributed by atoms with E-state index in [2.05, 4.69) is 25.2 Å². The number of aromatic carboxylic acids is 1. The van der Waals surface area contributed by atoms with E-state index in [1.165, 1.54) is 26.2 Å². The van der Waals surface area contributed by atoms with Gasteiger partial charge in [-0.1, -0.05) is 55.7 Å². The summed E-state index contributed by atoms with van der Waals surface area (Å²) in [6.07, 6.45) is 4.55. The minimum Gasteiger partial charge on any atom is -0.475 e. The minimum absolute atomic E-state index is 0.171. The third-order valence-electron chi connectivity index (χ3n) is 6.24. The predicted octanol–water partition coefficient (Wildman–Crippen LogP) is 5.24. The van der Waals surface area contributed by atoms with Crippen molar-refractivity contribution < 1.29 is 27.8 Å². The van der Waals surface area contributed by atoms with Crippen molar-refractivity contribution in [2.45, 2.75) is 51.9 Å². The van der Waals surface area contributed by atoms with Gasteiger partial charge in [-0.25, -0.2) is 27.9 Å². The number of hydrogen-bond donors (Lipinski definition) is 2. The Kier molecular flexibility index (Phi) is 11.6. The highest BCUT2D eigenvalue weighted by atomic mass is 19.3. The summed E-state index contributed by atoms with van der Waals surface area (Å²) in [4.78, 5) is 26.5. The fraction of sp³-hybridized carbons (Fsp3) is 0.538. The molecular formula is C26H35F3N6O3. The molecular weight excluding hydrogens is 501 g/mol. The maximum atomic E-state index is 13.8. The number of ether oxygens (including phenoxy) is 1. The van der Waals surface area contributed by atoms with Gasteiger partial charge < -0.3 is 24.6 Å². The first kappa shape index (κ1) is 29.2. The normalized spacial score (nSPS) is 16.6. The van der Waals surface area contributed by atoms with E-state index in [1.54, 1.807) is 0 Å². The van der Waals surface area contributed by atoms with Gasteiger partial charge in [0.2, 0.25) is 18.7 Å². The number of hydrogen-bond acceptors (Lipinski definition) is 7. The lowest BCUT2D eigenvalue weighted by Crippen LogP contribution is -2.38.